The van der Waals surface area contributed by atoms with Gasteiger partial charge in [0, 0.05) is 11.1 Å². The average Bonchev–Trinajstić information content (AvgIpc) is 2.28. The van der Waals surface area contributed by atoms with Crippen molar-refractivity contribution in [3.8, 4) is 0 Å². The predicted molar refractivity (Wildman–Crippen MR) is 76.8 cm³/mol. The van der Waals surface area contributed by atoms with Gasteiger partial charge in [-0.05, 0) is 45.0 Å². The van der Waals surface area contributed by atoms with Gasteiger partial charge in [0.15, 0.2) is 0 Å². The van der Waals surface area contributed by atoms with Gasteiger partial charge in [-0.3, -0.25) is 5.32 Å². The van der Waals surface area contributed by atoms with Gasteiger partial charge < -0.3 is 14.9 Å². The lowest BCUT2D eigenvalue weighted by atomic mass is 10.2. The third-order valence-corrected chi connectivity index (χ3v) is 2.40. The molecule has 3 N–H and O–H groups in total. The molecule has 1 aromatic carbocycles. The number of anilines is 2. The zero-order valence-corrected chi connectivity index (χ0v) is 11.5. The second-order valence-electron chi connectivity index (χ2n) is 5.37. The maximum atomic E-state index is 11.7. The van der Waals surface area contributed by atoms with Crippen LogP contribution in [0.2, 0.25) is 0 Å². The standard InChI is InChI=1S/C14H16N2O4/c1-14(2,3)20-13(18)16-9-4-5-11-8(6-9)7-10(15)12(17)19-11/h4-7H,15H2,1-3H3,(H,16,18). The van der Waals surface area contributed by atoms with Gasteiger partial charge in [0.1, 0.15) is 16.9 Å². The second kappa shape index (κ2) is 4.88. The molecular formula is C14H16N2O4. The van der Waals surface area contributed by atoms with E-state index in [0.717, 1.165) is 0 Å². The topological polar surface area (TPSA) is 94.6 Å². The Morgan fingerprint density at radius 1 is 1.30 bits per heavy atom. The molecule has 0 fully saturated rings. The van der Waals surface area contributed by atoms with Crippen LogP contribution >= 0.6 is 0 Å². The molecule has 0 aliphatic heterocycles. The molecular weight excluding hydrogens is 260 g/mol. The predicted octanol–water partition coefficient (Wildman–Crippen LogP) is 2.72. The van der Waals surface area contributed by atoms with Gasteiger partial charge in [-0.15, -0.1) is 0 Å². The van der Waals surface area contributed by atoms with E-state index in [4.69, 9.17) is 14.9 Å². The first kappa shape index (κ1) is 13.9. The molecule has 1 heterocycles. The number of nitrogens with two attached hydrogens (primary N) is 1. The summed E-state index contributed by atoms with van der Waals surface area (Å²) >= 11 is 0. The van der Waals surface area contributed by atoms with Crippen LogP contribution in [0, 0.1) is 0 Å². The minimum absolute atomic E-state index is 0.0203. The Hall–Kier alpha value is -2.50. The molecule has 106 valence electrons. The van der Waals surface area contributed by atoms with Crippen molar-refractivity contribution in [3.05, 3.63) is 34.7 Å². The molecule has 0 aliphatic carbocycles. The van der Waals surface area contributed by atoms with E-state index in [2.05, 4.69) is 5.32 Å². The molecule has 20 heavy (non-hydrogen) atoms. The number of amides is 1. The average molecular weight is 276 g/mol. The van der Waals surface area contributed by atoms with E-state index in [1.807, 2.05) is 0 Å². The Kier molecular flexibility index (Phi) is 3.40. The van der Waals surface area contributed by atoms with Crippen molar-refractivity contribution < 1.29 is 13.9 Å². The SMILES string of the molecule is CC(C)(C)OC(=O)Nc1ccc2oc(=O)c(N)cc2c1. The van der Waals surface area contributed by atoms with Gasteiger partial charge in [0.05, 0.1) is 0 Å². The van der Waals surface area contributed by atoms with Crippen LogP contribution in [0.3, 0.4) is 0 Å². The Morgan fingerprint density at radius 2 is 2.00 bits per heavy atom. The first-order valence-electron chi connectivity index (χ1n) is 6.08. The van der Waals surface area contributed by atoms with E-state index in [9.17, 15) is 9.59 Å². The molecule has 0 bridgehead atoms. The van der Waals surface area contributed by atoms with E-state index >= 15 is 0 Å². The Labute approximate surface area is 115 Å². The maximum absolute atomic E-state index is 11.7. The minimum atomic E-state index is -0.578. The number of carbonyl (C=O) groups excluding carboxylic acids is 1. The van der Waals surface area contributed by atoms with Crippen LogP contribution in [0.15, 0.2) is 33.5 Å². The van der Waals surface area contributed by atoms with Crippen molar-refractivity contribution >= 4 is 28.4 Å². The third kappa shape index (κ3) is 3.28. The van der Waals surface area contributed by atoms with E-state index < -0.39 is 17.3 Å². The summed E-state index contributed by atoms with van der Waals surface area (Å²) in [7, 11) is 0. The first-order chi connectivity index (χ1) is 9.24. The molecule has 0 saturated heterocycles. The van der Waals surface area contributed by atoms with Gasteiger partial charge in [0.2, 0.25) is 0 Å². The smallest absolute Gasteiger partial charge is 0.412 e. The molecule has 1 aromatic heterocycles. The summed E-state index contributed by atoms with van der Waals surface area (Å²) in [4.78, 5) is 22.9. The number of hydrogen-bond donors (Lipinski definition) is 2. The molecule has 6 nitrogen and oxygen atoms in total. The molecule has 0 spiro atoms. The van der Waals surface area contributed by atoms with Crippen molar-refractivity contribution in [2.45, 2.75) is 26.4 Å². The van der Waals surface area contributed by atoms with Crippen molar-refractivity contribution in [1.82, 2.24) is 0 Å². The summed E-state index contributed by atoms with van der Waals surface area (Å²) in [5, 5.41) is 3.22. The van der Waals surface area contributed by atoms with Gasteiger partial charge in [0.25, 0.3) is 0 Å². The van der Waals surface area contributed by atoms with Gasteiger partial charge in [-0.25, -0.2) is 9.59 Å². The fraction of sp³-hybridized carbons (Fsp3) is 0.286. The molecule has 6 heteroatoms. The van der Waals surface area contributed by atoms with Gasteiger partial charge in [-0.1, -0.05) is 0 Å². The van der Waals surface area contributed by atoms with Gasteiger partial charge in [-0.2, -0.15) is 0 Å². The molecule has 0 aliphatic rings. The van der Waals surface area contributed by atoms with Crippen LogP contribution in [-0.2, 0) is 4.74 Å². The summed E-state index contributed by atoms with van der Waals surface area (Å²) in [6, 6.07) is 6.36. The number of hydrogen-bond acceptors (Lipinski definition) is 5. The van der Waals surface area contributed by atoms with Crippen molar-refractivity contribution in [3.63, 3.8) is 0 Å². The zero-order valence-electron chi connectivity index (χ0n) is 11.5. The molecule has 2 aromatic rings. The fourth-order valence-corrected chi connectivity index (χ4v) is 1.64. The number of rotatable bonds is 1. The largest absolute Gasteiger partial charge is 0.444 e. The number of fused-ring (bicyclic) bond motifs is 1. The lowest BCUT2D eigenvalue weighted by Crippen LogP contribution is -2.27. The highest BCUT2D eigenvalue weighted by molar-refractivity contribution is 5.90. The van der Waals surface area contributed by atoms with Gasteiger partial charge >= 0.3 is 11.7 Å². The normalized spacial score (nSPS) is 11.3. The van der Waals surface area contributed by atoms with Crippen molar-refractivity contribution in [1.29, 1.82) is 0 Å². The quantitative estimate of drug-likeness (QED) is 0.781. The van der Waals surface area contributed by atoms with E-state index in [1.165, 1.54) is 6.07 Å². The molecule has 0 radical (unpaired) electrons. The van der Waals surface area contributed by atoms with Crippen LogP contribution in [0.4, 0.5) is 16.2 Å². The van der Waals surface area contributed by atoms with Crippen LogP contribution < -0.4 is 16.7 Å². The number of carbonyl (C=O) groups is 1. The number of nitrogen functional groups attached to an aromatic ring is 1. The molecule has 0 unspecified atom stereocenters. The minimum Gasteiger partial charge on any atom is -0.444 e. The zero-order chi connectivity index (χ0) is 14.9. The van der Waals surface area contributed by atoms with E-state index in [-0.39, 0.29) is 5.69 Å². The highest BCUT2D eigenvalue weighted by Gasteiger charge is 2.16. The maximum Gasteiger partial charge on any atom is 0.412 e. The third-order valence-electron chi connectivity index (χ3n) is 2.40. The van der Waals surface area contributed by atoms with E-state index in [1.54, 1.807) is 39.0 Å². The Morgan fingerprint density at radius 3 is 2.65 bits per heavy atom. The number of nitrogens with one attached hydrogen (secondary N) is 1. The number of ether oxygens (including phenoxy) is 1. The van der Waals surface area contributed by atoms with Crippen LogP contribution in [0.5, 0.6) is 0 Å². The highest BCUT2D eigenvalue weighted by Crippen LogP contribution is 2.20. The lowest BCUT2D eigenvalue weighted by molar-refractivity contribution is 0.0636. The molecule has 0 saturated carbocycles. The monoisotopic (exact) mass is 276 g/mol. The molecule has 2 rings (SSSR count). The summed E-state index contributed by atoms with van der Waals surface area (Å²) < 4.78 is 10.2. The van der Waals surface area contributed by atoms with Crippen LogP contribution in [-0.4, -0.2) is 11.7 Å². The fourth-order valence-electron chi connectivity index (χ4n) is 1.64. The summed E-state index contributed by atoms with van der Waals surface area (Å²) in [5.74, 6) is 0. The Bertz CT molecular complexity index is 713. The van der Waals surface area contributed by atoms with Crippen LogP contribution in [0.1, 0.15) is 20.8 Å². The molecule has 1 amide bonds. The Balaban J connectivity index is 2.26. The second-order valence-corrected chi connectivity index (χ2v) is 5.37. The molecule has 0 atom stereocenters. The lowest BCUT2D eigenvalue weighted by Gasteiger charge is -2.19. The highest BCUT2D eigenvalue weighted by atomic mass is 16.6. The first-order valence-corrected chi connectivity index (χ1v) is 6.08. The van der Waals surface area contributed by atoms with E-state index in [0.29, 0.717) is 16.7 Å². The summed E-state index contributed by atoms with van der Waals surface area (Å²) in [6.45, 7) is 5.34. The van der Waals surface area contributed by atoms with Crippen molar-refractivity contribution in [2.24, 2.45) is 0 Å². The summed E-state index contributed by atoms with van der Waals surface area (Å²) in [5.41, 5.74) is 5.30. The summed E-state index contributed by atoms with van der Waals surface area (Å²) in [6.07, 6.45) is -0.554. The van der Waals surface area contributed by atoms with Crippen molar-refractivity contribution in [2.75, 3.05) is 11.1 Å². The van der Waals surface area contributed by atoms with Crippen LogP contribution in [0.25, 0.3) is 11.0 Å². The number of benzene rings is 1.